The fourth-order valence-corrected chi connectivity index (χ4v) is 2.47. The van der Waals surface area contributed by atoms with Crippen LogP contribution in [0, 0.1) is 0 Å². The Labute approximate surface area is 108 Å². The third-order valence-electron chi connectivity index (χ3n) is 3.07. The van der Waals surface area contributed by atoms with Crippen molar-refractivity contribution in [3.8, 4) is 5.75 Å². The number of piperazine rings is 1. The van der Waals surface area contributed by atoms with E-state index in [2.05, 4.69) is 30.1 Å². The molecule has 0 saturated carbocycles. The molecule has 0 aromatic heterocycles. The van der Waals surface area contributed by atoms with Crippen LogP contribution in [-0.2, 0) is 0 Å². The highest BCUT2D eigenvalue weighted by molar-refractivity contribution is 6.32. The largest absolute Gasteiger partial charge is 0.495 e. The summed E-state index contributed by atoms with van der Waals surface area (Å²) in [5, 5.41) is 4.16. The number of methoxy groups -OCH3 is 1. The highest BCUT2D eigenvalue weighted by Crippen LogP contribution is 2.30. The van der Waals surface area contributed by atoms with Crippen molar-refractivity contribution in [2.24, 2.45) is 0 Å². The molecule has 1 fully saturated rings. The molecule has 1 aliphatic rings. The minimum absolute atomic E-state index is 0.144. The van der Waals surface area contributed by atoms with Crippen molar-refractivity contribution in [1.29, 1.82) is 0 Å². The Morgan fingerprint density at radius 3 is 2.76 bits per heavy atom. The normalized spacial score (nSPS) is 19.2. The van der Waals surface area contributed by atoms with E-state index in [4.69, 9.17) is 16.3 Å². The fraction of sp³-hybridized carbons (Fsp3) is 0.538. The summed E-state index contributed by atoms with van der Waals surface area (Å²) in [4.78, 5) is 2.35. The Kier molecular flexibility index (Phi) is 3.50. The number of rotatable bonds is 2. The second kappa shape index (κ2) is 4.75. The van der Waals surface area contributed by atoms with Gasteiger partial charge in [-0.1, -0.05) is 11.6 Å². The molecule has 1 saturated heterocycles. The lowest BCUT2D eigenvalue weighted by molar-refractivity contribution is 0.353. The molecule has 17 heavy (non-hydrogen) atoms. The molecule has 2 rings (SSSR count). The van der Waals surface area contributed by atoms with Crippen LogP contribution < -0.4 is 15.0 Å². The zero-order valence-corrected chi connectivity index (χ0v) is 11.3. The Bertz CT molecular complexity index is 406. The van der Waals surface area contributed by atoms with Crippen molar-refractivity contribution < 1.29 is 4.74 Å². The third kappa shape index (κ3) is 2.85. The smallest absolute Gasteiger partial charge is 0.137 e. The van der Waals surface area contributed by atoms with Gasteiger partial charge in [-0.15, -0.1) is 0 Å². The van der Waals surface area contributed by atoms with Gasteiger partial charge in [0, 0.05) is 30.9 Å². The SMILES string of the molecule is COc1ccc(N2CCNC(C)(C)C2)cc1Cl. The number of hydrogen-bond acceptors (Lipinski definition) is 3. The Morgan fingerprint density at radius 2 is 2.18 bits per heavy atom. The van der Waals surface area contributed by atoms with Crippen molar-refractivity contribution in [2.45, 2.75) is 19.4 Å². The molecule has 0 unspecified atom stereocenters. The van der Waals surface area contributed by atoms with Crippen LogP contribution in [0.5, 0.6) is 5.75 Å². The molecule has 1 heterocycles. The second-order valence-corrected chi connectivity index (χ2v) is 5.46. The third-order valence-corrected chi connectivity index (χ3v) is 3.37. The van der Waals surface area contributed by atoms with E-state index in [1.807, 2.05) is 12.1 Å². The zero-order chi connectivity index (χ0) is 12.5. The molecule has 1 N–H and O–H groups in total. The topological polar surface area (TPSA) is 24.5 Å². The molecule has 1 aliphatic heterocycles. The first-order valence-corrected chi connectivity index (χ1v) is 6.23. The van der Waals surface area contributed by atoms with Gasteiger partial charge < -0.3 is 15.0 Å². The van der Waals surface area contributed by atoms with E-state index < -0.39 is 0 Å². The summed E-state index contributed by atoms with van der Waals surface area (Å²) in [6.07, 6.45) is 0. The summed E-state index contributed by atoms with van der Waals surface area (Å²) in [5.74, 6) is 0.727. The van der Waals surface area contributed by atoms with Crippen LogP contribution in [0.1, 0.15) is 13.8 Å². The molecule has 0 amide bonds. The maximum absolute atomic E-state index is 6.15. The zero-order valence-electron chi connectivity index (χ0n) is 10.6. The van der Waals surface area contributed by atoms with Crippen LogP contribution in [0.25, 0.3) is 0 Å². The van der Waals surface area contributed by atoms with E-state index in [0.29, 0.717) is 5.02 Å². The van der Waals surface area contributed by atoms with Crippen molar-refractivity contribution >= 4 is 17.3 Å². The molecule has 1 aromatic carbocycles. The van der Waals surface area contributed by atoms with Crippen LogP contribution >= 0.6 is 11.6 Å². The average molecular weight is 255 g/mol. The summed E-state index contributed by atoms with van der Waals surface area (Å²) < 4.78 is 5.17. The van der Waals surface area contributed by atoms with Crippen molar-refractivity contribution in [2.75, 3.05) is 31.6 Å². The van der Waals surface area contributed by atoms with Crippen molar-refractivity contribution in [3.63, 3.8) is 0 Å². The van der Waals surface area contributed by atoms with E-state index in [9.17, 15) is 0 Å². The van der Waals surface area contributed by atoms with Crippen LogP contribution in [0.4, 0.5) is 5.69 Å². The van der Waals surface area contributed by atoms with Gasteiger partial charge in [0.25, 0.3) is 0 Å². The lowest BCUT2D eigenvalue weighted by atomic mass is 10.0. The fourth-order valence-electron chi connectivity index (χ4n) is 2.21. The van der Waals surface area contributed by atoms with E-state index in [0.717, 1.165) is 31.1 Å². The van der Waals surface area contributed by atoms with E-state index >= 15 is 0 Å². The van der Waals surface area contributed by atoms with Gasteiger partial charge in [0.1, 0.15) is 5.75 Å². The number of anilines is 1. The predicted molar refractivity (Wildman–Crippen MR) is 72.3 cm³/mol. The predicted octanol–water partition coefficient (Wildman–Crippen LogP) is 2.54. The summed E-state index contributed by atoms with van der Waals surface area (Å²) in [6.45, 7) is 7.41. The van der Waals surface area contributed by atoms with E-state index in [1.54, 1.807) is 7.11 Å². The van der Waals surface area contributed by atoms with E-state index in [1.165, 1.54) is 0 Å². The average Bonchev–Trinajstić information content (AvgIpc) is 2.27. The van der Waals surface area contributed by atoms with Gasteiger partial charge in [-0.3, -0.25) is 0 Å². The van der Waals surface area contributed by atoms with Crippen LogP contribution in [0.3, 0.4) is 0 Å². The van der Waals surface area contributed by atoms with Crippen molar-refractivity contribution in [1.82, 2.24) is 5.32 Å². The first kappa shape index (κ1) is 12.5. The first-order chi connectivity index (χ1) is 8.02. The molecule has 0 aliphatic carbocycles. The van der Waals surface area contributed by atoms with Gasteiger partial charge in [0.15, 0.2) is 0 Å². The number of halogens is 1. The monoisotopic (exact) mass is 254 g/mol. The summed E-state index contributed by atoms with van der Waals surface area (Å²) in [7, 11) is 1.63. The lowest BCUT2D eigenvalue weighted by Crippen LogP contribution is -2.57. The highest BCUT2D eigenvalue weighted by atomic mass is 35.5. The van der Waals surface area contributed by atoms with Gasteiger partial charge >= 0.3 is 0 Å². The maximum Gasteiger partial charge on any atom is 0.137 e. The number of nitrogens with one attached hydrogen (secondary N) is 1. The Hall–Kier alpha value is -0.930. The Balaban J connectivity index is 2.19. The quantitative estimate of drug-likeness (QED) is 0.878. The molecule has 0 atom stereocenters. The molecule has 4 heteroatoms. The summed E-state index contributed by atoms with van der Waals surface area (Å²) in [6, 6.07) is 5.96. The molecule has 0 bridgehead atoms. The van der Waals surface area contributed by atoms with Crippen LogP contribution in [-0.4, -0.2) is 32.3 Å². The Morgan fingerprint density at radius 1 is 1.41 bits per heavy atom. The van der Waals surface area contributed by atoms with E-state index in [-0.39, 0.29) is 5.54 Å². The van der Waals surface area contributed by atoms with Gasteiger partial charge in [0.2, 0.25) is 0 Å². The molecular formula is C13H19ClN2O. The molecule has 94 valence electrons. The molecular weight excluding hydrogens is 236 g/mol. The number of hydrogen-bond donors (Lipinski definition) is 1. The van der Waals surface area contributed by atoms with Gasteiger partial charge in [-0.05, 0) is 32.0 Å². The minimum Gasteiger partial charge on any atom is -0.495 e. The lowest BCUT2D eigenvalue weighted by Gasteiger charge is -2.40. The maximum atomic E-state index is 6.15. The second-order valence-electron chi connectivity index (χ2n) is 5.05. The molecule has 0 radical (unpaired) electrons. The molecule has 0 spiro atoms. The minimum atomic E-state index is 0.144. The molecule has 1 aromatic rings. The number of benzene rings is 1. The van der Waals surface area contributed by atoms with Crippen LogP contribution in [0.2, 0.25) is 5.02 Å². The number of nitrogens with zero attached hydrogens (tertiary/aromatic N) is 1. The highest BCUT2D eigenvalue weighted by Gasteiger charge is 2.25. The van der Waals surface area contributed by atoms with Gasteiger partial charge in [-0.2, -0.15) is 0 Å². The van der Waals surface area contributed by atoms with Gasteiger partial charge in [-0.25, -0.2) is 0 Å². The summed E-state index contributed by atoms with van der Waals surface area (Å²) in [5.41, 5.74) is 1.30. The standard InChI is InChI=1S/C13H19ClN2O/c1-13(2)9-16(7-6-15-13)10-4-5-12(17-3)11(14)8-10/h4-5,8,15H,6-7,9H2,1-3H3. The van der Waals surface area contributed by atoms with Crippen LogP contribution in [0.15, 0.2) is 18.2 Å². The van der Waals surface area contributed by atoms with Gasteiger partial charge in [0.05, 0.1) is 12.1 Å². The summed E-state index contributed by atoms with van der Waals surface area (Å²) >= 11 is 6.15. The first-order valence-electron chi connectivity index (χ1n) is 5.85. The molecule has 3 nitrogen and oxygen atoms in total. The van der Waals surface area contributed by atoms with Crippen molar-refractivity contribution in [3.05, 3.63) is 23.2 Å². The number of ether oxygens (including phenoxy) is 1.